The Kier molecular flexibility index (Phi) is 5.53. The summed E-state index contributed by atoms with van der Waals surface area (Å²) in [6.45, 7) is 7.58. The zero-order valence-electron chi connectivity index (χ0n) is 15.9. The SMILES string of the molecule is CC(C)(C)OC(=O)N1CCCN(S(=O)(=O)c2ccc3c(c2)OCCO3)CC1. The molecule has 1 amide bonds. The number of sulfonamides is 1. The molecule has 150 valence electrons. The summed E-state index contributed by atoms with van der Waals surface area (Å²) in [6, 6.07) is 4.64. The topological polar surface area (TPSA) is 85.4 Å². The number of hydrogen-bond acceptors (Lipinski definition) is 6. The van der Waals surface area contributed by atoms with Crippen LogP contribution in [0.3, 0.4) is 0 Å². The van der Waals surface area contributed by atoms with Crippen LogP contribution in [0.5, 0.6) is 11.5 Å². The summed E-state index contributed by atoms with van der Waals surface area (Å²) in [5.41, 5.74) is -0.583. The van der Waals surface area contributed by atoms with E-state index < -0.39 is 21.7 Å². The van der Waals surface area contributed by atoms with Gasteiger partial charge in [-0.15, -0.1) is 0 Å². The molecule has 0 spiro atoms. The van der Waals surface area contributed by atoms with E-state index in [1.807, 2.05) is 0 Å². The molecular formula is C18H26N2O6S. The van der Waals surface area contributed by atoms with Gasteiger partial charge in [-0.2, -0.15) is 4.31 Å². The highest BCUT2D eigenvalue weighted by Gasteiger charge is 2.31. The van der Waals surface area contributed by atoms with Gasteiger partial charge in [0.15, 0.2) is 11.5 Å². The zero-order valence-corrected chi connectivity index (χ0v) is 16.8. The number of fused-ring (bicyclic) bond motifs is 1. The molecule has 1 fully saturated rings. The molecule has 3 rings (SSSR count). The molecule has 0 aromatic heterocycles. The molecule has 8 nitrogen and oxygen atoms in total. The average molecular weight is 398 g/mol. The number of carbonyl (C=O) groups is 1. The van der Waals surface area contributed by atoms with E-state index in [9.17, 15) is 13.2 Å². The Morgan fingerprint density at radius 2 is 1.74 bits per heavy atom. The van der Waals surface area contributed by atoms with Gasteiger partial charge in [-0.25, -0.2) is 13.2 Å². The van der Waals surface area contributed by atoms with E-state index in [1.165, 1.54) is 16.4 Å². The second-order valence-electron chi connectivity index (χ2n) is 7.53. The van der Waals surface area contributed by atoms with E-state index in [2.05, 4.69) is 0 Å². The summed E-state index contributed by atoms with van der Waals surface area (Å²) >= 11 is 0. The van der Waals surface area contributed by atoms with Gasteiger partial charge in [0.2, 0.25) is 10.0 Å². The van der Waals surface area contributed by atoms with Gasteiger partial charge in [0.05, 0.1) is 4.90 Å². The summed E-state index contributed by atoms with van der Waals surface area (Å²) in [7, 11) is -3.68. The number of rotatable bonds is 2. The Morgan fingerprint density at radius 1 is 1.04 bits per heavy atom. The molecule has 1 saturated heterocycles. The van der Waals surface area contributed by atoms with E-state index in [0.717, 1.165) is 0 Å². The highest BCUT2D eigenvalue weighted by molar-refractivity contribution is 7.89. The quantitative estimate of drug-likeness (QED) is 0.758. The Morgan fingerprint density at radius 3 is 2.44 bits per heavy atom. The van der Waals surface area contributed by atoms with E-state index in [1.54, 1.807) is 31.7 Å². The molecule has 0 bridgehead atoms. The molecule has 0 N–H and O–H groups in total. The molecule has 2 aliphatic heterocycles. The maximum Gasteiger partial charge on any atom is 0.410 e. The van der Waals surface area contributed by atoms with Gasteiger partial charge in [-0.3, -0.25) is 0 Å². The van der Waals surface area contributed by atoms with Crippen LogP contribution < -0.4 is 9.47 Å². The predicted octanol–water partition coefficient (Wildman–Crippen LogP) is 2.09. The van der Waals surface area contributed by atoms with Crippen LogP contribution >= 0.6 is 0 Å². The van der Waals surface area contributed by atoms with Crippen molar-refractivity contribution in [3.63, 3.8) is 0 Å². The fraction of sp³-hybridized carbons (Fsp3) is 0.611. The summed E-state index contributed by atoms with van der Waals surface area (Å²) < 4.78 is 43.8. The van der Waals surface area contributed by atoms with Gasteiger partial charge in [-0.1, -0.05) is 0 Å². The smallest absolute Gasteiger partial charge is 0.410 e. The molecular weight excluding hydrogens is 372 g/mol. The van der Waals surface area contributed by atoms with Crippen molar-refractivity contribution in [2.45, 2.75) is 37.7 Å². The first-order valence-corrected chi connectivity index (χ1v) is 10.5. The molecule has 2 aliphatic rings. The van der Waals surface area contributed by atoms with E-state index in [0.29, 0.717) is 50.8 Å². The predicted molar refractivity (Wildman–Crippen MR) is 98.6 cm³/mol. The third-order valence-corrected chi connectivity index (χ3v) is 6.15. The van der Waals surface area contributed by atoms with Crippen molar-refractivity contribution >= 4 is 16.1 Å². The highest BCUT2D eigenvalue weighted by atomic mass is 32.2. The molecule has 0 radical (unpaired) electrons. The minimum Gasteiger partial charge on any atom is -0.486 e. The molecule has 1 aromatic carbocycles. The largest absolute Gasteiger partial charge is 0.486 e. The van der Waals surface area contributed by atoms with Gasteiger partial charge >= 0.3 is 6.09 Å². The van der Waals surface area contributed by atoms with Crippen LogP contribution in [0.4, 0.5) is 4.79 Å². The lowest BCUT2D eigenvalue weighted by Crippen LogP contribution is -2.40. The second-order valence-corrected chi connectivity index (χ2v) is 9.47. The lowest BCUT2D eigenvalue weighted by Gasteiger charge is -2.26. The Balaban J connectivity index is 1.72. The second kappa shape index (κ2) is 7.55. The van der Waals surface area contributed by atoms with Gasteiger partial charge < -0.3 is 19.1 Å². The van der Waals surface area contributed by atoms with Crippen molar-refractivity contribution in [2.24, 2.45) is 0 Å². The molecule has 0 aliphatic carbocycles. The van der Waals surface area contributed by atoms with Gasteiger partial charge in [0, 0.05) is 32.2 Å². The molecule has 0 atom stereocenters. The van der Waals surface area contributed by atoms with Gasteiger partial charge in [0.25, 0.3) is 0 Å². The van der Waals surface area contributed by atoms with Crippen molar-refractivity contribution in [3.05, 3.63) is 18.2 Å². The highest BCUT2D eigenvalue weighted by Crippen LogP contribution is 2.33. The fourth-order valence-corrected chi connectivity index (χ4v) is 4.46. The summed E-state index contributed by atoms with van der Waals surface area (Å²) in [6.07, 6.45) is 0.129. The van der Waals surface area contributed by atoms with E-state index >= 15 is 0 Å². The first kappa shape index (κ1) is 19.8. The van der Waals surface area contributed by atoms with Crippen LogP contribution in [0.15, 0.2) is 23.1 Å². The van der Waals surface area contributed by atoms with Crippen LogP contribution in [0.2, 0.25) is 0 Å². The monoisotopic (exact) mass is 398 g/mol. The number of benzene rings is 1. The third-order valence-electron chi connectivity index (χ3n) is 4.26. The van der Waals surface area contributed by atoms with Gasteiger partial charge in [0.1, 0.15) is 18.8 Å². The molecule has 9 heteroatoms. The summed E-state index contributed by atoms with van der Waals surface area (Å²) in [5, 5.41) is 0. The van der Waals surface area contributed by atoms with Crippen molar-refractivity contribution in [3.8, 4) is 11.5 Å². The molecule has 27 heavy (non-hydrogen) atoms. The maximum absolute atomic E-state index is 13.0. The summed E-state index contributed by atoms with van der Waals surface area (Å²) in [5.74, 6) is 0.986. The number of hydrogen-bond donors (Lipinski definition) is 0. The maximum atomic E-state index is 13.0. The molecule has 0 unspecified atom stereocenters. The van der Waals surface area contributed by atoms with Crippen LogP contribution in [0.25, 0.3) is 0 Å². The lowest BCUT2D eigenvalue weighted by molar-refractivity contribution is 0.0260. The lowest BCUT2D eigenvalue weighted by atomic mass is 10.2. The van der Waals surface area contributed by atoms with Gasteiger partial charge in [-0.05, 0) is 39.3 Å². The number of amides is 1. The van der Waals surface area contributed by atoms with Crippen LogP contribution in [-0.4, -0.2) is 68.7 Å². The van der Waals surface area contributed by atoms with Crippen molar-refractivity contribution < 1.29 is 27.4 Å². The standard InChI is InChI=1S/C18H26N2O6S/c1-18(2,3)26-17(21)19-7-4-8-20(10-9-19)27(22,23)14-5-6-15-16(13-14)25-12-11-24-15/h5-6,13H,4,7-12H2,1-3H3. The molecule has 1 aromatic rings. The first-order chi connectivity index (χ1) is 12.7. The Labute approximate surface area is 160 Å². The Bertz CT molecular complexity index is 803. The van der Waals surface area contributed by atoms with Crippen molar-refractivity contribution in [2.75, 3.05) is 39.4 Å². The minimum absolute atomic E-state index is 0.164. The zero-order chi connectivity index (χ0) is 19.7. The van der Waals surface area contributed by atoms with Crippen LogP contribution in [-0.2, 0) is 14.8 Å². The number of ether oxygens (including phenoxy) is 3. The van der Waals surface area contributed by atoms with Crippen LogP contribution in [0.1, 0.15) is 27.2 Å². The van der Waals surface area contributed by atoms with Crippen molar-refractivity contribution in [1.82, 2.24) is 9.21 Å². The van der Waals surface area contributed by atoms with E-state index in [4.69, 9.17) is 14.2 Å². The minimum atomic E-state index is -3.68. The van der Waals surface area contributed by atoms with Crippen LogP contribution in [0, 0.1) is 0 Å². The summed E-state index contributed by atoms with van der Waals surface area (Å²) in [4.78, 5) is 14.0. The van der Waals surface area contributed by atoms with E-state index in [-0.39, 0.29) is 11.4 Å². The third kappa shape index (κ3) is 4.65. The number of nitrogens with zero attached hydrogens (tertiary/aromatic N) is 2. The number of carbonyl (C=O) groups excluding carboxylic acids is 1. The van der Waals surface area contributed by atoms with Crippen molar-refractivity contribution in [1.29, 1.82) is 0 Å². The Hall–Kier alpha value is -2.00. The first-order valence-electron chi connectivity index (χ1n) is 9.04. The molecule has 2 heterocycles. The molecule has 0 saturated carbocycles. The fourth-order valence-electron chi connectivity index (χ4n) is 2.98. The normalized spacial score (nSPS) is 18.7. The average Bonchev–Trinajstić information content (AvgIpc) is 2.86.